The summed E-state index contributed by atoms with van der Waals surface area (Å²) in [7, 11) is 0. The van der Waals surface area contributed by atoms with Crippen molar-refractivity contribution in [1.29, 1.82) is 0 Å². The third-order valence-electron chi connectivity index (χ3n) is 4.45. The molecule has 0 spiro atoms. The van der Waals surface area contributed by atoms with Crippen LogP contribution in [0.15, 0.2) is 36.4 Å². The standard InChI is InChI=1S/C18H20N2O/c1-12-8-13(2)20(19-12)16-5-3-4-14(9-16)15-10-17-6-7-18(11-15)21-17/h3-5,8-10,17-18H,6-7,11H2,1-2H3. The Morgan fingerprint density at radius 1 is 1.19 bits per heavy atom. The van der Waals surface area contributed by atoms with Crippen molar-refractivity contribution in [1.82, 2.24) is 9.78 Å². The fourth-order valence-corrected chi connectivity index (χ4v) is 3.49. The maximum atomic E-state index is 5.89. The van der Waals surface area contributed by atoms with Crippen LogP contribution in [0.5, 0.6) is 0 Å². The molecule has 0 N–H and O–H groups in total. The fourth-order valence-electron chi connectivity index (χ4n) is 3.49. The minimum atomic E-state index is 0.330. The highest BCUT2D eigenvalue weighted by molar-refractivity contribution is 5.69. The molecule has 2 aliphatic heterocycles. The summed E-state index contributed by atoms with van der Waals surface area (Å²) in [4.78, 5) is 0. The van der Waals surface area contributed by atoms with Gasteiger partial charge in [-0.2, -0.15) is 5.10 Å². The van der Waals surface area contributed by atoms with E-state index in [0.717, 1.165) is 17.8 Å². The molecule has 2 unspecified atom stereocenters. The van der Waals surface area contributed by atoms with E-state index in [9.17, 15) is 0 Å². The molecule has 3 heteroatoms. The number of hydrogen-bond acceptors (Lipinski definition) is 2. The number of ether oxygens (including phenoxy) is 1. The number of rotatable bonds is 2. The lowest BCUT2D eigenvalue weighted by Gasteiger charge is -2.21. The largest absolute Gasteiger partial charge is 0.371 e. The van der Waals surface area contributed by atoms with E-state index in [2.05, 4.69) is 48.4 Å². The second kappa shape index (κ2) is 4.85. The minimum absolute atomic E-state index is 0.330. The van der Waals surface area contributed by atoms with Gasteiger partial charge in [-0.3, -0.25) is 0 Å². The zero-order valence-electron chi connectivity index (χ0n) is 12.5. The van der Waals surface area contributed by atoms with Gasteiger partial charge >= 0.3 is 0 Å². The molecule has 108 valence electrons. The summed E-state index contributed by atoms with van der Waals surface area (Å²) in [6.07, 6.45) is 6.47. The molecule has 0 saturated carbocycles. The van der Waals surface area contributed by atoms with Gasteiger partial charge in [0.05, 0.1) is 23.6 Å². The monoisotopic (exact) mass is 280 g/mol. The first-order valence-electron chi connectivity index (χ1n) is 7.69. The van der Waals surface area contributed by atoms with Crippen molar-refractivity contribution in [3.63, 3.8) is 0 Å². The average Bonchev–Trinajstić information content (AvgIpc) is 3.00. The van der Waals surface area contributed by atoms with E-state index in [-0.39, 0.29) is 0 Å². The van der Waals surface area contributed by atoms with Gasteiger partial charge in [-0.25, -0.2) is 4.68 Å². The van der Waals surface area contributed by atoms with Crippen LogP contribution < -0.4 is 0 Å². The van der Waals surface area contributed by atoms with Gasteiger partial charge in [0.15, 0.2) is 0 Å². The summed E-state index contributed by atoms with van der Waals surface area (Å²) in [5.74, 6) is 0. The molecule has 0 amide bonds. The van der Waals surface area contributed by atoms with Gasteiger partial charge in [0, 0.05) is 5.69 Å². The topological polar surface area (TPSA) is 27.1 Å². The summed E-state index contributed by atoms with van der Waals surface area (Å²) >= 11 is 0. The second-order valence-electron chi connectivity index (χ2n) is 6.16. The lowest BCUT2D eigenvalue weighted by Crippen LogP contribution is -2.15. The molecule has 4 rings (SSSR count). The first-order valence-corrected chi connectivity index (χ1v) is 7.69. The predicted octanol–water partition coefficient (Wildman–Crippen LogP) is 3.82. The molecule has 1 aromatic carbocycles. The Balaban J connectivity index is 1.72. The molecule has 3 nitrogen and oxygen atoms in total. The van der Waals surface area contributed by atoms with Gasteiger partial charge in [-0.15, -0.1) is 0 Å². The number of hydrogen-bond donors (Lipinski definition) is 0. The molecular formula is C18H20N2O. The van der Waals surface area contributed by atoms with Crippen molar-refractivity contribution in [3.05, 3.63) is 53.4 Å². The van der Waals surface area contributed by atoms with Crippen molar-refractivity contribution < 1.29 is 4.74 Å². The number of benzene rings is 1. The molecule has 2 bridgehead atoms. The van der Waals surface area contributed by atoms with E-state index in [4.69, 9.17) is 4.74 Å². The highest BCUT2D eigenvalue weighted by atomic mass is 16.5. The van der Waals surface area contributed by atoms with Crippen LogP contribution >= 0.6 is 0 Å². The van der Waals surface area contributed by atoms with E-state index < -0.39 is 0 Å². The van der Waals surface area contributed by atoms with Gasteiger partial charge in [0.2, 0.25) is 0 Å². The molecular weight excluding hydrogens is 260 g/mol. The van der Waals surface area contributed by atoms with Crippen LogP contribution in [0.2, 0.25) is 0 Å². The van der Waals surface area contributed by atoms with Crippen molar-refractivity contribution in [2.75, 3.05) is 0 Å². The summed E-state index contributed by atoms with van der Waals surface area (Å²) in [6, 6.07) is 10.8. The van der Waals surface area contributed by atoms with Crippen molar-refractivity contribution in [2.24, 2.45) is 0 Å². The Morgan fingerprint density at radius 2 is 2.10 bits per heavy atom. The zero-order chi connectivity index (χ0) is 14.4. The Labute approximate surface area is 125 Å². The lowest BCUT2D eigenvalue weighted by atomic mass is 9.98. The van der Waals surface area contributed by atoms with Crippen LogP contribution in [-0.2, 0) is 4.74 Å². The minimum Gasteiger partial charge on any atom is -0.371 e. The fraction of sp³-hybridized carbons (Fsp3) is 0.389. The number of aromatic nitrogens is 2. The van der Waals surface area contributed by atoms with Crippen molar-refractivity contribution in [3.8, 4) is 5.69 Å². The average molecular weight is 280 g/mol. The van der Waals surface area contributed by atoms with Gasteiger partial charge in [-0.1, -0.05) is 18.2 Å². The van der Waals surface area contributed by atoms with Gasteiger partial charge in [0.25, 0.3) is 0 Å². The van der Waals surface area contributed by atoms with Crippen LogP contribution in [0.25, 0.3) is 11.3 Å². The van der Waals surface area contributed by atoms with Crippen LogP contribution in [0.3, 0.4) is 0 Å². The van der Waals surface area contributed by atoms with E-state index in [1.165, 1.54) is 29.7 Å². The van der Waals surface area contributed by atoms with E-state index in [1.807, 2.05) is 11.6 Å². The number of fused-ring (bicyclic) bond motifs is 2. The SMILES string of the molecule is Cc1cc(C)n(-c2cccc(C3=CC4CCC(C3)O4)c2)n1. The Morgan fingerprint density at radius 3 is 2.86 bits per heavy atom. The van der Waals surface area contributed by atoms with Crippen LogP contribution in [0, 0.1) is 13.8 Å². The molecule has 2 atom stereocenters. The first kappa shape index (κ1) is 12.8. The van der Waals surface area contributed by atoms with Crippen LogP contribution in [0.1, 0.15) is 36.2 Å². The van der Waals surface area contributed by atoms with E-state index in [1.54, 1.807) is 0 Å². The summed E-state index contributed by atoms with van der Waals surface area (Å²) in [6.45, 7) is 4.13. The Bertz CT molecular complexity index is 714. The molecule has 2 aliphatic rings. The highest BCUT2D eigenvalue weighted by Gasteiger charge is 2.29. The summed E-state index contributed by atoms with van der Waals surface area (Å²) < 4.78 is 7.91. The molecule has 0 radical (unpaired) electrons. The zero-order valence-corrected chi connectivity index (χ0v) is 12.5. The van der Waals surface area contributed by atoms with Gasteiger partial charge in [-0.05, 0) is 62.4 Å². The molecule has 0 aliphatic carbocycles. The molecule has 1 aromatic heterocycles. The maximum Gasteiger partial charge on any atom is 0.0766 e. The quantitative estimate of drug-likeness (QED) is 0.836. The van der Waals surface area contributed by atoms with Gasteiger partial charge < -0.3 is 4.74 Å². The van der Waals surface area contributed by atoms with E-state index >= 15 is 0 Å². The number of aryl methyl sites for hydroxylation is 2. The number of nitrogens with zero attached hydrogens (tertiary/aromatic N) is 2. The van der Waals surface area contributed by atoms with Crippen LogP contribution in [-0.4, -0.2) is 22.0 Å². The Kier molecular flexibility index (Phi) is 2.96. The highest BCUT2D eigenvalue weighted by Crippen LogP contribution is 2.36. The second-order valence-corrected chi connectivity index (χ2v) is 6.16. The van der Waals surface area contributed by atoms with Crippen LogP contribution in [0.4, 0.5) is 0 Å². The molecule has 1 saturated heterocycles. The molecule has 3 heterocycles. The molecule has 2 aromatic rings. The third-order valence-corrected chi connectivity index (χ3v) is 4.45. The summed E-state index contributed by atoms with van der Waals surface area (Å²) in [5, 5.41) is 4.58. The smallest absolute Gasteiger partial charge is 0.0766 e. The molecule has 21 heavy (non-hydrogen) atoms. The Hall–Kier alpha value is -1.87. The molecule has 1 fully saturated rings. The first-order chi connectivity index (χ1) is 10.2. The lowest BCUT2D eigenvalue weighted by molar-refractivity contribution is 0.0671. The maximum absolute atomic E-state index is 5.89. The van der Waals surface area contributed by atoms with Crippen molar-refractivity contribution >= 4 is 5.57 Å². The van der Waals surface area contributed by atoms with E-state index in [0.29, 0.717) is 12.2 Å². The third kappa shape index (κ3) is 2.32. The van der Waals surface area contributed by atoms with Gasteiger partial charge in [0.1, 0.15) is 0 Å². The van der Waals surface area contributed by atoms with Crippen molar-refractivity contribution in [2.45, 2.75) is 45.3 Å². The summed E-state index contributed by atoms with van der Waals surface area (Å²) in [5.41, 5.74) is 6.10. The normalized spacial score (nSPS) is 24.2. The predicted molar refractivity (Wildman–Crippen MR) is 83.5 cm³/mol.